The topological polar surface area (TPSA) is 68.9 Å². The number of nitrogens with two attached hydrogens (primary N) is 1. The van der Waals surface area contributed by atoms with Gasteiger partial charge in [-0.15, -0.1) is 24.0 Å². The molecule has 0 unspecified atom stereocenters. The van der Waals surface area contributed by atoms with Gasteiger partial charge < -0.3 is 20.5 Å². The Morgan fingerprint density at radius 3 is 2.84 bits per heavy atom. The van der Waals surface area contributed by atoms with Gasteiger partial charge in [0, 0.05) is 33.7 Å². The minimum atomic E-state index is 0. The Labute approximate surface area is 131 Å². The molecule has 0 atom stereocenters. The Morgan fingerprint density at radius 2 is 2.16 bits per heavy atom. The van der Waals surface area contributed by atoms with Gasteiger partial charge in [0.05, 0.1) is 6.61 Å². The van der Waals surface area contributed by atoms with Crippen molar-refractivity contribution in [1.29, 1.82) is 0 Å². The molecule has 19 heavy (non-hydrogen) atoms. The molecule has 0 aliphatic carbocycles. The molecule has 1 rings (SSSR count). The number of nitrogens with zero attached hydrogens (tertiary/aromatic N) is 1. The Morgan fingerprint density at radius 1 is 1.37 bits per heavy atom. The van der Waals surface area contributed by atoms with Crippen LogP contribution in [-0.2, 0) is 11.3 Å². The minimum absolute atomic E-state index is 0. The van der Waals surface area contributed by atoms with E-state index in [0.717, 1.165) is 17.7 Å². The number of rotatable bonds is 7. The molecule has 0 amide bonds. The average molecular weight is 379 g/mol. The fraction of sp³-hybridized carbons (Fsp3) is 0.462. The Kier molecular flexibility index (Phi) is 10.3. The highest BCUT2D eigenvalue weighted by atomic mass is 127. The van der Waals surface area contributed by atoms with Gasteiger partial charge in [-0.2, -0.15) is 0 Å². The molecule has 108 valence electrons. The van der Waals surface area contributed by atoms with Crippen LogP contribution in [0.15, 0.2) is 29.3 Å². The summed E-state index contributed by atoms with van der Waals surface area (Å²) in [6.45, 7) is 2.01. The number of ether oxygens (including phenoxy) is 2. The number of guanidine groups is 1. The molecule has 1 aromatic carbocycles. The van der Waals surface area contributed by atoms with Crippen molar-refractivity contribution in [2.75, 3.05) is 27.4 Å². The van der Waals surface area contributed by atoms with Crippen LogP contribution >= 0.6 is 24.0 Å². The smallest absolute Gasteiger partial charge is 0.188 e. The summed E-state index contributed by atoms with van der Waals surface area (Å²) in [7, 11) is 3.34. The van der Waals surface area contributed by atoms with Gasteiger partial charge in [0.1, 0.15) is 5.75 Å². The van der Waals surface area contributed by atoms with E-state index in [4.69, 9.17) is 15.2 Å². The number of aliphatic imine (C=N–C) groups is 1. The molecule has 0 saturated carbocycles. The van der Waals surface area contributed by atoms with Crippen molar-refractivity contribution in [3.63, 3.8) is 0 Å². The fourth-order valence-corrected chi connectivity index (χ4v) is 1.41. The summed E-state index contributed by atoms with van der Waals surface area (Å²) in [6.07, 6.45) is 0.883. The van der Waals surface area contributed by atoms with Gasteiger partial charge in [-0.3, -0.25) is 4.99 Å². The highest BCUT2D eigenvalue weighted by Crippen LogP contribution is 2.13. The van der Waals surface area contributed by atoms with Gasteiger partial charge in [0.2, 0.25) is 0 Å². The second-order valence-electron chi connectivity index (χ2n) is 3.80. The predicted octanol–water partition coefficient (Wildman–Crippen LogP) is 1.75. The van der Waals surface area contributed by atoms with Crippen LogP contribution in [0.3, 0.4) is 0 Å². The van der Waals surface area contributed by atoms with Crippen molar-refractivity contribution in [1.82, 2.24) is 5.32 Å². The van der Waals surface area contributed by atoms with Crippen molar-refractivity contribution >= 4 is 29.9 Å². The summed E-state index contributed by atoms with van der Waals surface area (Å²) in [4.78, 5) is 3.83. The first-order chi connectivity index (χ1) is 8.76. The molecule has 0 aromatic heterocycles. The molecule has 6 heteroatoms. The number of hydrogen-bond donors (Lipinski definition) is 2. The summed E-state index contributed by atoms with van der Waals surface area (Å²) in [5.41, 5.74) is 6.67. The molecule has 0 fully saturated rings. The monoisotopic (exact) mass is 379 g/mol. The van der Waals surface area contributed by atoms with Gasteiger partial charge >= 0.3 is 0 Å². The maximum atomic E-state index is 5.61. The number of methoxy groups -OCH3 is 1. The van der Waals surface area contributed by atoms with Gasteiger partial charge in [-0.1, -0.05) is 12.1 Å². The summed E-state index contributed by atoms with van der Waals surface area (Å²) in [6, 6.07) is 7.90. The van der Waals surface area contributed by atoms with Gasteiger partial charge in [-0.05, 0) is 17.7 Å². The second-order valence-corrected chi connectivity index (χ2v) is 3.80. The number of halogens is 1. The lowest BCUT2D eigenvalue weighted by Gasteiger charge is -2.09. The van der Waals surface area contributed by atoms with E-state index in [1.54, 1.807) is 14.2 Å². The van der Waals surface area contributed by atoms with Crippen LogP contribution < -0.4 is 15.8 Å². The number of nitrogens with one attached hydrogen (secondary N) is 1. The van der Waals surface area contributed by atoms with Crippen LogP contribution in [-0.4, -0.2) is 33.3 Å². The molecule has 0 radical (unpaired) electrons. The molecule has 0 heterocycles. The van der Waals surface area contributed by atoms with Gasteiger partial charge in [-0.25, -0.2) is 0 Å². The van der Waals surface area contributed by atoms with E-state index in [1.807, 2.05) is 24.3 Å². The molecule has 0 spiro atoms. The molecule has 0 aliphatic heterocycles. The third-order valence-corrected chi connectivity index (χ3v) is 2.37. The molecule has 0 saturated heterocycles. The van der Waals surface area contributed by atoms with Crippen molar-refractivity contribution in [3.8, 4) is 5.75 Å². The van der Waals surface area contributed by atoms with Crippen LogP contribution in [0.4, 0.5) is 0 Å². The minimum Gasteiger partial charge on any atom is -0.493 e. The van der Waals surface area contributed by atoms with Gasteiger partial charge in [0.25, 0.3) is 0 Å². The first-order valence-corrected chi connectivity index (χ1v) is 5.93. The van der Waals surface area contributed by atoms with Gasteiger partial charge in [0.15, 0.2) is 5.96 Å². The number of benzene rings is 1. The molecule has 5 nitrogen and oxygen atoms in total. The van der Waals surface area contributed by atoms with E-state index in [9.17, 15) is 0 Å². The average Bonchev–Trinajstić information content (AvgIpc) is 2.41. The zero-order chi connectivity index (χ0) is 13.2. The summed E-state index contributed by atoms with van der Waals surface area (Å²) < 4.78 is 10.6. The lowest BCUT2D eigenvalue weighted by molar-refractivity contribution is 0.172. The summed E-state index contributed by atoms with van der Waals surface area (Å²) >= 11 is 0. The first-order valence-electron chi connectivity index (χ1n) is 5.93. The van der Waals surface area contributed by atoms with Crippen LogP contribution in [0, 0.1) is 0 Å². The summed E-state index contributed by atoms with van der Waals surface area (Å²) in [5.74, 6) is 1.29. The highest BCUT2D eigenvalue weighted by Gasteiger charge is 1.98. The molecule has 0 aliphatic rings. The van der Waals surface area contributed by atoms with Crippen LogP contribution in [0.25, 0.3) is 0 Å². The van der Waals surface area contributed by atoms with E-state index < -0.39 is 0 Å². The van der Waals surface area contributed by atoms with Crippen LogP contribution in [0.2, 0.25) is 0 Å². The van der Waals surface area contributed by atoms with E-state index in [2.05, 4.69) is 10.3 Å². The SMILES string of the molecule is CN=C(N)NCc1cccc(OCCCOC)c1.I. The quantitative estimate of drug-likeness (QED) is 0.328. The predicted molar refractivity (Wildman–Crippen MR) is 88.2 cm³/mol. The standard InChI is InChI=1S/C13H21N3O2.HI/c1-15-13(14)16-10-11-5-3-6-12(9-11)18-8-4-7-17-2;/h3,5-6,9H,4,7-8,10H2,1-2H3,(H3,14,15,16);1H. The Balaban J connectivity index is 0.00000324. The van der Waals surface area contributed by atoms with E-state index in [-0.39, 0.29) is 24.0 Å². The Bertz CT molecular complexity index is 386. The van der Waals surface area contributed by atoms with Crippen LogP contribution in [0.5, 0.6) is 5.75 Å². The molecule has 0 bridgehead atoms. The lowest BCUT2D eigenvalue weighted by Crippen LogP contribution is -2.30. The third kappa shape index (κ3) is 7.89. The zero-order valence-electron chi connectivity index (χ0n) is 11.4. The number of hydrogen-bond acceptors (Lipinski definition) is 3. The molecular formula is C13H22IN3O2. The highest BCUT2D eigenvalue weighted by molar-refractivity contribution is 14.0. The fourth-order valence-electron chi connectivity index (χ4n) is 1.41. The first kappa shape index (κ1) is 18.0. The van der Waals surface area contributed by atoms with Crippen molar-refractivity contribution in [2.24, 2.45) is 10.7 Å². The van der Waals surface area contributed by atoms with Crippen molar-refractivity contribution < 1.29 is 9.47 Å². The van der Waals surface area contributed by atoms with Crippen molar-refractivity contribution in [2.45, 2.75) is 13.0 Å². The molecular weight excluding hydrogens is 357 g/mol. The molecule has 3 N–H and O–H groups in total. The van der Waals surface area contributed by atoms with E-state index in [1.165, 1.54) is 0 Å². The van der Waals surface area contributed by atoms with E-state index >= 15 is 0 Å². The van der Waals surface area contributed by atoms with Crippen LogP contribution in [0.1, 0.15) is 12.0 Å². The maximum absolute atomic E-state index is 5.61. The third-order valence-electron chi connectivity index (χ3n) is 2.37. The second kappa shape index (κ2) is 10.9. The maximum Gasteiger partial charge on any atom is 0.188 e. The zero-order valence-corrected chi connectivity index (χ0v) is 13.7. The van der Waals surface area contributed by atoms with Crippen molar-refractivity contribution in [3.05, 3.63) is 29.8 Å². The van der Waals surface area contributed by atoms with E-state index in [0.29, 0.717) is 25.7 Å². The lowest BCUT2D eigenvalue weighted by atomic mass is 10.2. The largest absolute Gasteiger partial charge is 0.493 e. The normalized spacial score (nSPS) is 10.7. The summed E-state index contributed by atoms with van der Waals surface area (Å²) in [5, 5.41) is 3.00. The molecule has 1 aromatic rings. The Hall–Kier alpha value is -1.02.